The summed E-state index contributed by atoms with van der Waals surface area (Å²) < 4.78 is 0. The molecule has 0 aliphatic heterocycles. The molecule has 0 amide bonds. The summed E-state index contributed by atoms with van der Waals surface area (Å²) in [6.07, 6.45) is 14.2. The summed E-state index contributed by atoms with van der Waals surface area (Å²) in [4.78, 5) is 0. The van der Waals surface area contributed by atoms with Crippen LogP contribution in [0.5, 0.6) is 0 Å². The summed E-state index contributed by atoms with van der Waals surface area (Å²) in [6, 6.07) is 0. The topological polar surface area (TPSA) is 0 Å². The molecule has 0 heterocycles. The third kappa shape index (κ3) is 22.7. The molecule has 0 radical (unpaired) electrons. The average molecular weight is 200 g/mol. The van der Waals surface area contributed by atoms with Crippen molar-refractivity contribution in [2.45, 2.75) is 91.9 Å². The van der Waals surface area contributed by atoms with E-state index in [-0.39, 0.29) is 0 Å². The molecule has 0 spiro atoms. The van der Waals surface area contributed by atoms with Crippen molar-refractivity contribution in [1.29, 1.82) is 0 Å². The summed E-state index contributed by atoms with van der Waals surface area (Å²) in [5, 5.41) is 0. The predicted octanol–water partition coefficient (Wildman–Crippen LogP) is 5.95. The van der Waals surface area contributed by atoms with Gasteiger partial charge in [-0.05, 0) is 0 Å². The van der Waals surface area contributed by atoms with Crippen molar-refractivity contribution in [1.82, 2.24) is 0 Å². The molecule has 1 fully saturated rings. The molecular formula is C14H32. The van der Waals surface area contributed by atoms with E-state index in [4.69, 9.17) is 0 Å². The Morgan fingerprint density at radius 3 is 0.714 bits per heavy atom. The molecule has 0 heteroatoms. The van der Waals surface area contributed by atoms with E-state index in [1.54, 1.807) is 0 Å². The first-order valence-electron chi connectivity index (χ1n) is 6.83. The lowest BCUT2D eigenvalue weighted by Gasteiger charge is -2.05. The fraction of sp³-hybridized carbons (Fsp3) is 1.00. The van der Waals surface area contributed by atoms with E-state index in [9.17, 15) is 0 Å². The quantitative estimate of drug-likeness (QED) is 0.526. The van der Waals surface area contributed by atoms with Crippen LogP contribution in [0, 0.1) is 0 Å². The minimum absolute atomic E-state index is 1.34. The van der Waals surface area contributed by atoms with Crippen LogP contribution in [0.3, 0.4) is 0 Å². The molecule has 0 aromatic carbocycles. The Balaban J connectivity index is 0. The van der Waals surface area contributed by atoms with Gasteiger partial charge in [-0.3, -0.25) is 0 Å². The van der Waals surface area contributed by atoms with Crippen LogP contribution >= 0.6 is 0 Å². The Bertz CT molecular complexity index is 48.4. The van der Waals surface area contributed by atoms with Crippen LogP contribution in [0.25, 0.3) is 0 Å². The lowest BCUT2D eigenvalue weighted by molar-refractivity contribution is 0.504. The van der Waals surface area contributed by atoms with Crippen molar-refractivity contribution < 1.29 is 0 Å². The molecule has 1 aliphatic rings. The largest absolute Gasteiger partial charge is 0.0654 e. The minimum atomic E-state index is 1.34. The monoisotopic (exact) mass is 200 g/mol. The molecule has 14 heavy (non-hydrogen) atoms. The van der Waals surface area contributed by atoms with E-state index in [1.807, 2.05) is 0 Å². The van der Waals surface area contributed by atoms with Gasteiger partial charge < -0.3 is 0 Å². The van der Waals surface area contributed by atoms with Crippen LogP contribution in [0.4, 0.5) is 0 Å². The number of rotatable bonds is 4. The maximum absolute atomic E-state index is 2.21. The number of unbranched alkanes of at least 4 members (excludes halogenated alkanes) is 4. The van der Waals surface area contributed by atoms with Crippen LogP contribution in [0.1, 0.15) is 91.9 Å². The van der Waals surface area contributed by atoms with Gasteiger partial charge in [0.2, 0.25) is 0 Å². The molecule has 1 rings (SSSR count). The Labute approximate surface area is 92.5 Å². The lowest BCUT2D eigenvalue weighted by Crippen LogP contribution is -1.85. The predicted molar refractivity (Wildman–Crippen MR) is 68.9 cm³/mol. The van der Waals surface area contributed by atoms with Crippen molar-refractivity contribution in [3.05, 3.63) is 0 Å². The second kappa shape index (κ2) is 18.7. The smallest absolute Gasteiger partial charge is 0.0533 e. The SMILES string of the molecule is C1CCC1.CCCCC.CCCCC. The summed E-state index contributed by atoms with van der Waals surface area (Å²) in [7, 11) is 0. The molecular weight excluding hydrogens is 168 g/mol. The molecule has 0 unspecified atom stereocenters. The maximum atomic E-state index is 2.21. The molecule has 0 aromatic rings. The van der Waals surface area contributed by atoms with Crippen molar-refractivity contribution in [3.8, 4) is 0 Å². The highest BCUT2D eigenvalue weighted by Gasteiger charge is 1.95. The highest BCUT2D eigenvalue weighted by Crippen LogP contribution is 2.15. The molecule has 88 valence electrons. The molecule has 1 aliphatic carbocycles. The minimum Gasteiger partial charge on any atom is -0.0654 e. The van der Waals surface area contributed by atoms with E-state index in [2.05, 4.69) is 27.7 Å². The third-order valence-electron chi connectivity index (χ3n) is 2.41. The van der Waals surface area contributed by atoms with Gasteiger partial charge in [-0.15, -0.1) is 0 Å². The van der Waals surface area contributed by atoms with E-state index in [0.717, 1.165) is 0 Å². The van der Waals surface area contributed by atoms with E-state index in [1.165, 1.54) is 64.2 Å². The Hall–Kier alpha value is 0. The molecule has 0 saturated heterocycles. The zero-order valence-electron chi connectivity index (χ0n) is 11.1. The van der Waals surface area contributed by atoms with Crippen LogP contribution < -0.4 is 0 Å². The molecule has 0 aromatic heterocycles. The van der Waals surface area contributed by atoms with Crippen molar-refractivity contribution in [2.75, 3.05) is 0 Å². The fourth-order valence-electron chi connectivity index (χ4n) is 0.957. The van der Waals surface area contributed by atoms with Gasteiger partial charge in [-0.1, -0.05) is 91.9 Å². The summed E-state index contributed by atoms with van der Waals surface area (Å²) >= 11 is 0. The van der Waals surface area contributed by atoms with E-state index < -0.39 is 0 Å². The Morgan fingerprint density at radius 2 is 0.714 bits per heavy atom. The van der Waals surface area contributed by atoms with Crippen LogP contribution in [-0.2, 0) is 0 Å². The fourth-order valence-corrected chi connectivity index (χ4v) is 0.957. The molecule has 1 saturated carbocycles. The van der Waals surface area contributed by atoms with Gasteiger partial charge in [0, 0.05) is 0 Å². The second-order valence-corrected chi connectivity index (χ2v) is 4.12. The second-order valence-electron chi connectivity index (χ2n) is 4.12. The zero-order valence-corrected chi connectivity index (χ0v) is 11.1. The molecule has 0 nitrogen and oxygen atoms in total. The summed E-state index contributed by atoms with van der Waals surface area (Å²) in [5.74, 6) is 0. The van der Waals surface area contributed by atoms with Gasteiger partial charge in [-0.25, -0.2) is 0 Å². The number of hydrogen-bond acceptors (Lipinski definition) is 0. The van der Waals surface area contributed by atoms with Gasteiger partial charge in [-0.2, -0.15) is 0 Å². The Kier molecular flexibility index (Phi) is 22.0. The molecule has 0 bridgehead atoms. The first-order valence-corrected chi connectivity index (χ1v) is 6.83. The first kappa shape index (κ1) is 16.4. The third-order valence-corrected chi connectivity index (χ3v) is 2.41. The summed E-state index contributed by atoms with van der Waals surface area (Å²) in [6.45, 7) is 8.85. The average Bonchev–Trinajstić information content (AvgIpc) is 2.05. The van der Waals surface area contributed by atoms with Crippen LogP contribution in [-0.4, -0.2) is 0 Å². The Morgan fingerprint density at radius 1 is 0.500 bits per heavy atom. The van der Waals surface area contributed by atoms with Gasteiger partial charge in [0.15, 0.2) is 0 Å². The lowest BCUT2D eigenvalue weighted by atomic mass is 10.0. The van der Waals surface area contributed by atoms with E-state index >= 15 is 0 Å². The van der Waals surface area contributed by atoms with Gasteiger partial charge in [0.1, 0.15) is 0 Å². The van der Waals surface area contributed by atoms with Crippen LogP contribution in [0.2, 0.25) is 0 Å². The zero-order chi connectivity index (χ0) is 11.1. The highest BCUT2D eigenvalue weighted by molar-refractivity contribution is 4.50. The normalized spacial score (nSPS) is 12.9. The molecule has 0 atom stereocenters. The molecule has 0 N–H and O–H groups in total. The first-order chi connectivity index (χ1) is 6.83. The van der Waals surface area contributed by atoms with Gasteiger partial charge in [0.25, 0.3) is 0 Å². The van der Waals surface area contributed by atoms with Crippen molar-refractivity contribution in [2.24, 2.45) is 0 Å². The van der Waals surface area contributed by atoms with Gasteiger partial charge in [0.05, 0.1) is 0 Å². The summed E-state index contributed by atoms with van der Waals surface area (Å²) in [5.41, 5.74) is 0. The van der Waals surface area contributed by atoms with Crippen LogP contribution in [0.15, 0.2) is 0 Å². The van der Waals surface area contributed by atoms with Crippen molar-refractivity contribution in [3.63, 3.8) is 0 Å². The maximum Gasteiger partial charge on any atom is -0.0533 e. The van der Waals surface area contributed by atoms with Crippen molar-refractivity contribution >= 4 is 0 Å². The standard InChI is InChI=1S/2C5H12.C4H8/c2*1-3-5-4-2;1-2-4-3-1/h2*3-5H2,1-2H3;1-4H2. The highest BCUT2D eigenvalue weighted by atomic mass is 14.0. The van der Waals surface area contributed by atoms with Gasteiger partial charge >= 0.3 is 0 Å². The van der Waals surface area contributed by atoms with E-state index in [0.29, 0.717) is 0 Å². The number of hydrogen-bond donors (Lipinski definition) is 0.